The van der Waals surface area contributed by atoms with Gasteiger partial charge >= 0.3 is 0 Å². The molecule has 2 aromatic carbocycles. The molecular weight excluding hydrogens is 288 g/mol. The average Bonchev–Trinajstić information content (AvgIpc) is 3.02. The number of nitrogens with two attached hydrogens (primary N) is 1. The molecule has 1 aromatic heterocycles. The Morgan fingerprint density at radius 3 is 2.17 bits per heavy atom. The van der Waals surface area contributed by atoms with Crippen LogP contribution in [0.15, 0.2) is 54.6 Å². The number of H-pyrrole nitrogens is 1. The van der Waals surface area contributed by atoms with Crippen LogP contribution in [0, 0.1) is 0 Å². The van der Waals surface area contributed by atoms with Gasteiger partial charge in [-0.25, -0.2) is 0 Å². The molecule has 0 fully saturated rings. The van der Waals surface area contributed by atoms with E-state index in [1.54, 1.807) is 0 Å². The summed E-state index contributed by atoms with van der Waals surface area (Å²) >= 11 is 0. The van der Waals surface area contributed by atoms with Crippen LogP contribution in [0.4, 0.5) is 5.95 Å². The van der Waals surface area contributed by atoms with Crippen LogP contribution >= 0.6 is 0 Å². The predicted molar refractivity (Wildman–Crippen MR) is 89.2 cm³/mol. The lowest BCUT2D eigenvalue weighted by atomic mass is 9.83. The minimum atomic E-state index is -0.376. The van der Waals surface area contributed by atoms with Crippen LogP contribution in [0.1, 0.15) is 41.2 Å². The smallest absolute Gasteiger partial charge is 0.239 e. The van der Waals surface area contributed by atoms with E-state index < -0.39 is 0 Å². The third-order valence-corrected chi connectivity index (χ3v) is 4.00. The number of carbonyl (C=O) groups excluding carboxylic acids is 1. The number of hydrogen-bond donors (Lipinski definition) is 2. The molecule has 116 valence electrons. The molecule has 0 saturated carbocycles. The Labute approximate surface area is 134 Å². The van der Waals surface area contributed by atoms with Crippen LogP contribution in [0.2, 0.25) is 0 Å². The number of nitrogens with zero attached hydrogens (tertiary/aromatic N) is 2. The second-order valence-corrected chi connectivity index (χ2v) is 5.94. The van der Waals surface area contributed by atoms with Gasteiger partial charge in [-0.05, 0) is 19.4 Å². The van der Waals surface area contributed by atoms with Crippen LogP contribution < -0.4 is 5.73 Å². The molecule has 1 heterocycles. The number of aromatic amines is 1. The summed E-state index contributed by atoms with van der Waals surface area (Å²) in [7, 11) is 0. The Bertz CT molecular complexity index is 820. The van der Waals surface area contributed by atoms with Gasteiger partial charge in [-0.1, -0.05) is 54.6 Å². The van der Waals surface area contributed by atoms with Crippen molar-refractivity contribution in [2.45, 2.75) is 19.3 Å². The zero-order valence-corrected chi connectivity index (χ0v) is 13.1. The highest BCUT2D eigenvalue weighted by Gasteiger charge is 2.27. The highest BCUT2D eigenvalue weighted by molar-refractivity contribution is 6.08. The number of anilines is 1. The Hall–Kier alpha value is -2.95. The predicted octanol–water partition coefficient (Wildman–Crippen LogP) is 2.94. The normalized spacial score (nSPS) is 11.4. The molecule has 0 atom stereocenters. The lowest BCUT2D eigenvalue weighted by Crippen LogP contribution is -2.21. The topological polar surface area (TPSA) is 84.7 Å². The molecule has 5 nitrogen and oxygen atoms in total. The summed E-state index contributed by atoms with van der Waals surface area (Å²) in [5.74, 6) is 0.931. The quantitative estimate of drug-likeness (QED) is 0.726. The number of rotatable bonds is 4. The monoisotopic (exact) mass is 306 g/mol. The summed E-state index contributed by atoms with van der Waals surface area (Å²) in [5, 5.41) is 6.74. The van der Waals surface area contributed by atoms with Gasteiger partial charge in [0.25, 0.3) is 0 Å². The number of ketones is 1. The molecule has 0 aliphatic rings. The highest BCUT2D eigenvalue weighted by Crippen LogP contribution is 2.29. The van der Waals surface area contributed by atoms with Gasteiger partial charge in [-0.2, -0.15) is 4.98 Å². The molecule has 0 aliphatic heterocycles. The van der Waals surface area contributed by atoms with Gasteiger partial charge in [0.2, 0.25) is 5.95 Å². The molecule has 3 rings (SSSR count). The second kappa shape index (κ2) is 5.68. The molecule has 0 amide bonds. The van der Waals surface area contributed by atoms with Crippen molar-refractivity contribution in [3.05, 3.63) is 77.1 Å². The first-order valence-corrected chi connectivity index (χ1v) is 7.37. The van der Waals surface area contributed by atoms with Gasteiger partial charge in [0, 0.05) is 16.5 Å². The Morgan fingerprint density at radius 1 is 1.00 bits per heavy atom. The van der Waals surface area contributed by atoms with Crippen LogP contribution in [0.3, 0.4) is 0 Å². The fourth-order valence-corrected chi connectivity index (χ4v) is 2.49. The highest BCUT2D eigenvalue weighted by atomic mass is 16.1. The first kappa shape index (κ1) is 15.0. The first-order chi connectivity index (χ1) is 11.0. The van der Waals surface area contributed by atoms with Crippen molar-refractivity contribution >= 4 is 11.7 Å². The van der Waals surface area contributed by atoms with Crippen molar-refractivity contribution in [1.82, 2.24) is 15.2 Å². The summed E-state index contributed by atoms with van der Waals surface area (Å²) < 4.78 is 0. The Kier molecular flexibility index (Phi) is 3.70. The van der Waals surface area contributed by atoms with Crippen molar-refractivity contribution in [3.8, 4) is 0 Å². The maximum atomic E-state index is 12.4. The number of aromatic nitrogens is 3. The van der Waals surface area contributed by atoms with E-state index in [2.05, 4.69) is 15.2 Å². The minimum Gasteiger partial charge on any atom is -0.367 e. The lowest BCUT2D eigenvalue weighted by Gasteiger charge is -2.22. The molecule has 3 N–H and O–H groups in total. The molecule has 0 radical (unpaired) electrons. The Morgan fingerprint density at radius 2 is 1.61 bits per heavy atom. The van der Waals surface area contributed by atoms with Crippen molar-refractivity contribution in [3.63, 3.8) is 0 Å². The average molecular weight is 306 g/mol. The molecular formula is C18H18N4O. The summed E-state index contributed by atoms with van der Waals surface area (Å²) in [5.41, 5.74) is 7.58. The summed E-state index contributed by atoms with van der Waals surface area (Å²) in [6.07, 6.45) is 0. The third-order valence-electron chi connectivity index (χ3n) is 4.00. The molecule has 0 saturated heterocycles. The van der Waals surface area contributed by atoms with Gasteiger partial charge in [0.15, 0.2) is 5.78 Å². The molecule has 0 aliphatic carbocycles. The lowest BCUT2D eigenvalue weighted by molar-refractivity contribution is 0.103. The van der Waals surface area contributed by atoms with Crippen LogP contribution in [-0.2, 0) is 5.41 Å². The fourth-order valence-electron chi connectivity index (χ4n) is 2.49. The van der Waals surface area contributed by atoms with E-state index in [1.165, 1.54) is 0 Å². The van der Waals surface area contributed by atoms with Gasteiger partial charge in [-0.15, -0.1) is 5.10 Å². The van der Waals surface area contributed by atoms with E-state index in [4.69, 9.17) is 5.73 Å². The Balaban J connectivity index is 1.89. The second-order valence-electron chi connectivity index (χ2n) is 5.94. The van der Waals surface area contributed by atoms with E-state index in [-0.39, 0.29) is 17.1 Å². The van der Waals surface area contributed by atoms with E-state index in [1.807, 2.05) is 68.4 Å². The third kappa shape index (κ3) is 2.85. The van der Waals surface area contributed by atoms with Gasteiger partial charge in [-0.3, -0.25) is 9.89 Å². The number of hydrogen-bond acceptors (Lipinski definition) is 4. The van der Waals surface area contributed by atoms with E-state index >= 15 is 0 Å². The van der Waals surface area contributed by atoms with E-state index in [0.717, 1.165) is 5.56 Å². The van der Waals surface area contributed by atoms with E-state index in [9.17, 15) is 4.79 Å². The molecule has 23 heavy (non-hydrogen) atoms. The van der Waals surface area contributed by atoms with Crippen molar-refractivity contribution in [2.75, 3.05) is 5.73 Å². The number of benzene rings is 2. The van der Waals surface area contributed by atoms with Gasteiger partial charge in [0.05, 0.1) is 0 Å². The molecule has 0 unspecified atom stereocenters. The van der Waals surface area contributed by atoms with Gasteiger partial charge in [0.1, 0.15) is 5.82 Å². The molecule has 0 spiro atoms. The number of carbonyl (C=O) groups is 1. The van der Waals surface area contributed by atoms with Crippen LogP contribution in [0.25, 0.3) is 0 Å². The van der Waals surface area contributed by atoms with Crippen LogP contribution in [0.5, 0.6) is 0 Å². The molecule has 0 bridgehead atoms. The van der Waals surface area contributed by atoms with Gasteiger partial charge < -0.3 is 5.73 Å². The number of nitrogen functional groups attached to an aromatic ring is 1. The summed E-state index contributed by atoms with van der Waals surface area (Å²) in [6, 6.07) is 16.8. The zero-order valence-electron chi connectivity index (χ0n) is 13.1. The molecule has 5 heteroatoms. The maximum absolute atomic E-state index is 12.4. The summed E-state index contributed by atoms with van der Waals surface area (Å²) in [6.45, 7) is 4.06. The standard InChI is InChI=1S/C18H18N4O/c1-18(2,16-20-17(19)22-21-16)14-10-8-13(9-11-14)15(23)12-6-4-3-5-7-12/h3-11H,1-2H3,(H3,19,20,21,22). The zero-order chi connectivity index (χ0) is 16.4. The maximum Gasteiger partial charge on any atom is 0.239 e. The van der Waals surface area contributed by atoms with E-state index in [0.29, 0.717) is 17.0 Å². The van der Waals surface area contributed by atoms with Crippen molar-refractivity contribution in [2.24, 2.45) is 0 Å². The fraction of sp³-hybridized carbons (Fsp3) is 0.167. The largest absolute Gasteiger partial charge is 0.367 e. The van der Waals surface area contributed by atoms with Crippen LogP contribution in [-0.4, -0.2) is 21.0 Å². The SMILES string of the molecule is CC(C)(c1ccc(C(=O)c2ccccc2)cc1)c1nc(N)n[nH]1. The van der Waals surface area contributed by atoms with Crippen molar-refractivity contribution in [1.29, 1.82) is 0 Å². The van der Waals surface area contributed by atoms with Crippen molar-refractivity contribution < 1.29 is 4.79 Å². The number of nitrogens with one attached hydrogen (secondary N) is 1. The minimum absolute atomic E-state index is 0.0128. The summed E-state index contributed by atoms with van der Waals surface area (Å²) in [4.78, 5) is 16.6. The first-order valence-electron chi connectivity index (χ1n) is 7.37. The molecule has 3 aromatic rings.